The van der Waals surface area contributed by atoms with E-state index in [4.69, 9.17) is 10.5 Å². The second-order valence-corrected chi connectivity index (χ2v) is 5.00. The molecular formula is C13H24N6O. The number of nitrogen functional groups attached to an aromatic ring is 1. The Kier molecular flexibility index (Phi) is 4.94. The fourth-order valence-electron chi connectivity index (χ4n) is 2.37. The van der Waals surface area contributed by atoms with Gasteiger partial charge in [-0.3, -0.25) is 0 Å². The van der Waals surface area contributed by atoms with Gasteiger partial charge in [0.05, 0.1) is 6.10 Å². The molecule has 1 aliphatic heterocycles. The molecule has 7 nitrogen and oxygen atoms in total. The average Bonchev–Trinajstić information content (AvgIpc) is 2.83. The van der Waals surface area contributed by atoms with Crippen molar-refractivity contribution in [2.75, 3.05) is 42.2 Å². The fourth-order valence-corrected chi connectivity index (χ4v) is 2.37. The normalized spacial score (nSPS) is 21.9. The molecule has 0 bridgehead atoms. The molecule has 0 radical (unpaired) electrons. The summed E-state index contributed by atoms with van der Waals surface area (Å²) in [5.41, 5.74) is 5.76. The van der Waals surface area contributed by atoms with Crippen LogP contribution in [0.1, 0.15) is 27.2 Å². The number of anilines is 3. The Hall–Kier alpha value is -1.63. The zero-order chi connectivity index (χ0) is 14.5. The number of nitrogens with zero attached hydrogens (tertiary/aromatic N) is 4. The highest BCUT2D eigenvalue weighted by molar-refractivity contribution is 5.41. The van der Waals surface area contributed by atoms with Gasteiger partial charge in [0, 0.05) is 32.2 Å². The van der Waals surface area contributed by atoms with Crippen LogP contribution >= 0.6 is 0 Å². The van der Waals surface area contributed by atoms with Crippen molar-refractivity contribution in [1.82, 2.24) is 15.0 Å². The van der Waals surface area contributed by atoms with Crippen LogP contribution in [-0.4, -0.2) is 47.3 Å². The molecule has 7 heteroatoms. The summed E-state index contributed by atoms with van der Waals surface area (Å²) in [6, 6.07) is 0. The van der Waals surface area contributed by atoms with Crippen molar-refractivity contribution in [2.24, 2.45) is 5.92 Å². The van der Waals surface area contributed by atoms with E-state index in [1.54, 1.807) is 0 Å². The second kappa shape index (κ2) is 6.69. The molecule has 1 aromatic heterocycles. The Bertz CT molecular complexity index is 437. The number of hydrogen-bond donors (Lipinski definition) is 2. The minimum atomic E-state index is 0.250. The van der Waals surface area contributed by atoms with Gasteiger partial charge >= 0.3 is 0 Å². The van der Waals surface area contributed by atoms with Crippen LogP contribution in [0.2, 0.25) is 0 Å². The molecule has 2 rings (SSSR count). The van der Waals surface area contributed by atoms with Gasteiger partial charge in [-0.2, -0.15) is 15.0 Å². The first-order valence-electron chi connectivity index (χ1n) is 7.26. The van der Waals surface area contributed by atoms with Crippen LogP contribution in [-0.2, 0) is 4.74 Å². The number of nitrogens with two attached hydrogens (primary N) is 1. The van der Waals surface area contributed by atoms with Crippen LogP contribution in [0.4, 0.5) is 17.8 Å². The van der Waals surface area contributed by atoms with Gasteiger partial charge in [-0.25, -0.2) is 0 Å². The molecule has 1 aromatic rings. The molecule has 0 aliphatic carbocycles. The van der Waals surface area contributed by atoms with Crippen molar-refractivity contribution in [3.63, 3.8) is 0 Å². The molecule has 0 saturated carbocycles. The first kappa shape index (κ1) is 14.8. The first-order valence-corrected chi connectivity index (χ1v) is 7.26. The summed E-state index contributed by atoms with van der Waals surface area (Å²) >= 11 is 0. The van der Waals surface area contributed by atoms with Gasteiger partial charge in [-0.15, -0.1) is 0 Å². The lowest BCUT2D eigenvalue weighted by molar-refractivity contribution is 0.108. The van der Waals surface area contributed by atoms with Crippen molar-refractivity contribution < 1.29 is 4.74 Å². The monoisotopic (exact) mass is 280 g/mol. The van der Waals surface area contributed by atoms with Crippen LogP contribution in [0.3, 0.4) is 0 Å². The lowest BCUT2D eigenvalue weighted by Gasteiger charge is -2.19. The summed E-state index contributed by atoms with van der Waals surface area (Å²) in [7, 11) is 0. The smallest absolute Gasteiger partial charge is 0.231 e. The molecule has 2 heterocycles. The predicted octanol–water partition coefficient (Wildman–Crippen LogP) is 1.14. The molecular weight excluding hydrogens is 256 g/mol. The summed E-state index contributed by atoms with van der Waals surface area (Å²) in [6.45, 7) is 9.53. The SMILES string of the molecule is CCN(CC)c1nc(N)nc(NCC2CCOC2C)n1. The van der Waals surface area contributed by atoms with Crippen molar-refractivity contribution in [2.45, 2.75) is 33.3 Å². The van der Waals surface area contributed by atoms with Crippen molar-refractivity contribution in [3.8, 4) is 0 Å². The molecule has 0 amide bonds. The van der Waals surface area contributed by atoms with E-state index < -0.39 is 0 Å². The van der Waals surface area contributed by atoms with E-state index in [-0.39, 0.29) is 12.1 Å². The summed E-state index contributed by atoms with van der Waals surface area (Å²) < 4.78 is 5.55. The second-order valence-electron chi connectivity index (χ2n) is 5.00. The molecule has 0 aromatic carbocycles. The first-order chi connectivity index (χ1) is 9.63. The van der Waals surface area contributed by atoms with E-state index in [1.807, 2.05) is 4.90 Å². The van der Waals surface area contributed by atoms with Crippen LogP contribution in [0.25, 0.3) is 0 Å². The average molecular weight is 280 g/mol. The third-order valence-electron chi connectivity index (χ3n) is 3.74. The minimum Gasteiger partial charge on any atom is -0.378 e. The maximum absolute atomic E-state index is 5.76. The Morgan fingerprint density at radius 2 is 2.05 bits per heavy atom. The Balaban J connectivity index is 2.03. The molecule has 3 N–H and O–H groups in total. The molecule has 1 aliphatic rings. The quantitative estimate of drug-likeness (QED) is 0.807. The highest BCUT2D eigenvalue weighted by Gasteiger charge is 2.24. The largest absolute Gasteiger partial charge is 0.378 e. The highest BCUT2D eigenvalue weighted by atomic mass is 16.5. The van der Waals surface area contributed by atoms with E-state index in [0.717, 1.165) is 32.7 Å². The number of aromatic nitrogens is 3. The summed E-state index contributed by atoms with van der Waals surface area (Å²) in [6.07, 6.45) is 1.35. The molecule has 2 unspecified atom stereocenters. The van der Waals surface area contributed by atoms with Crippen LogP contribution < -0.4 is 16.0 Å². The van der Waals surface area contributed by atoms with E-state index in [1.165, 1.54) is 0 Å². The van der Waals surface area contributed by atoms with Crippen molar-refractivity contribution >= 4 is 17.8 Å². The molecule has 2 atom stereocenters. The lowest BCUT2D eigenvalue weighted by Crippen LogP contribution is -2.26. The van der Waals surface area contributed by atoms with Gasteiger partial charge < -0.3 is 20.7 Å². The van der Waals surface area contributed by atoms with Crippen molar-refractivity contribution in [1.29, 1.82) is 0 Å². The standard InChI is InChI=1S/C13H24N6O/c1-4-19(5-2)13-17-11(14)16-12(18-13)15-8-10-6-7-20-9(10)3/h9-10H,4-8H2,1-3H3,(H3,14,15,16,17,18). The van der Waals surface area contributed by atoms with E-state index in [2.05, 4.69) is 41.0 Å². The topological polar surface area (TPSA) is 89.2 Å². The fraction of sp³-hybridized carbons (Fsp3) is 0.769. The third kappa shape index (κ3) is 3.47. The molecule has 112 valence electrons. The van der Waals surface area contributed by atoms with Gasteiger partial charge in [0.15, 0.2) is 0 Å². The molecule has 1 saturated heterocycles. The predicted molar refractivity (Wildman–Crippen MR) is 79.8 cm³/mol. The summed E-state index contributed by atoms with van der Waals surface area (Å²) in [5, 5.41) is 3.25. The number of rotatable bonds is 6. The van der Waals surface area contributed by atoms with Gasteiger partial charge in [-0.1, -0.05) is 0 Å². The third-order valence-corrected chi connectivity index (χ3v) is 3.74. The van der Waals surface area contributed by atoms with Crippen LogP contribution in [0.5, 0.6) is 0 Å². The van der Waals surface area contributed by atoms with Crippen LogP contribution in [0.15, 0.2) is 0 Å². The summed E-state index contributed by atoms with van der Waals surface area (Å²) in [4.78, 5) is 14.8. The van der Waals surface area contributed by atoms with Gasteiger partial charge in [-0.05, 0) is 27.2 Å². The summed E-state index contributed by atoms with van der Waals surface area (Å²) in [5.74, 6) is 1.91. The number of ether oxygens (including phenoxy) is 1. The maximum Gasteiger partial charge on any atom is 0.231 e. The maximum atomic E-state index is 5.76. The Morgan fingerprint density at radius 1 is 1.30 bits per heavy atom. The zero-order valence-corrected chi connectivity index (χ0v) is 12.5. The molecule has 20 heavy (non-hydrogen) atoms. The van der Waals surface area contributed by atoms with Crippen molar-refractivity contribution in [3.05, 3.63) is 0 Å². The van der Waals surface area contributed by atoms with Gasteiger partial charge in [0.25, 0.3) is 0 Å². The highest BCUT2D eigenvalue weighted by Crippen LogP contribution is 2.21. The van der Waals surface area contributed by atoms with Crippen LogP contribution in [0, 0.1) is 5.92 Å². The Morgan fingerprint density at radius 3 is 2.65 bits per heavy atom. The van der Waals surface area contributed by atoms with Gasteiger partial charge in [0.2, 0.25) is 17.8 Å². The minimum absolute atomic E-state index is 0.250. The van der Waals surface area contributed by atoms with E-state index in [9.17, 15) is 0 Å². The molecule has 0 spiro atoms. The zero-order valence-electron chi connectivity index (χ0n) is 12.5. The lowest BCUT2D eigenvalue weighted by atomic mass is 10.0. The van der Waals surface area contributed by atoms with E-state index >= 15 is 0 Å². The Labute approximate surface area is 119 Å². The van der Waals surface area contributed by atoms with E-state index in [0.29, 0.717) is 17.8 Å². The number of nitrogens with one attached hydrogen (secondary N) is 1. The van der Waals surface area contributed by atoms with Gasteiger partial charge in [0.1, 0.15) is 0 Å². The molecule has 1 fully saturated rings. The number of hydrogen-bond acceptors (Lipinski definition) is 7.